The Morgan fingerprint density at radius 3 is 1.45 bits per heavy atom. The number of hydrogen-bond donors (Lipinski definition) is 4. The fourth-order valence-corrected chi connectivity index (χ4v) is 8.51. The maximum absolute atomic E-state index is 13.4. The SMILES string of the molecule is C=C1C[C@H]2[C@H](S(=O)(=O)O)Nc3cc(OCCCOc4cc5c(cc4OC)C(=O)N4CC(=C)C[C@H]4[C@H](S(=O)(=O)O)N5)c(OC)cc3C(=O)N2C1. The smallest absolute Gasteiger partial charge is 0.288 e. The summed E-state index contributed by atoms with van der Waals surface area (Å²) in [6.45, 7) is 8.21. The predicted octanol–water partition coefficient (Wildman–Crippen LogP) is 2.37. The molecule has 49 heavy (non-hydrogen) atoms. The van der Waals surface area contributed by atoms with Crippen molar-refractivity contribution in [3.63, 3.8) is 0 Å². The van der Waals surface area contributed by atoms with Crippen LogP contribution in [0.4, 0.5) is 11.4 Å². The summed E-state index contributed by atoms with van der Waals surface area (Å²) in [6, 6.07) is 4.04. The number of benzene rings is 2. The molecule has 2 aromatic carbocycles. The fourth-order valence-electron chi connectivity index (χ4n) is 6.68. The fraction of sp³-hybridized carbons (Fsp3) is 0.419. The number of methoxy groups -OCH3 is 2. The number of amides is 2. The minimum Gasteiger partial charge on any atom is -0.493 e. The highest BCUT2D eigenvalue weighted by Crippen LogP contribution is 2.42. The Kier molecular flexibility index (Phi) is 8.93. The van der Waals surface area contributed by atoms with E-state index >= 15 is 0 Å². The van der Waals surface area contributed by atoms with Gasteiger partial charge in [0.05, 0.1) is 62.0 Å². The Morgan fingerprint density at radius 2 is 1.10 bits per heavy atom. The Bertz CT molecular complexity index is 1830. The number of nitrogens with zero attached hydrogens (tertiary/aromatic N) is 2. The van der Waals surface area contributed by atoms with Crippen LogP contribution in [0.3, 0.4) is 0 Å². The molecular weight excluding hydrogens is 684 g/mol. The molecule has 4 atom stereocenters. The molecule has 2 fully saturated rings. The van der Waals surface area contributed by atoms with Crippen molar-refractivity contribution in [3.8, 4) is 23.0 Å². The van der Waals surface area contributed by atoms with Gasteiger partial charge in [-0.1, -0.05) is 24.3 Å². The maximum atomic E-state index is 13.4. The summed E-state index contributed by atoms with van der Waals surface area (Å²) in [5.74, 6) is -0.0603. The molecular formula is C31H36N4O12S2. The van der Waals surface area contributed by atoms with Crippen molar-refractivity contribution >= 4 is 43.4 Å². The minimum atomic E-state index is -4.62. The van der Waals surface area contributed by atoms with Crippen LogP contribution in [0.5, 0.6) is 23.0 Å². The predicted molar refractivity (Wildman–Crippen MR) is 177 cm³/mol. The second-order valence-electron chi connectivity index (χ2n) is 12.2. The third-order valence-corrected chi connectivity index (χ3v) is 11.1. The Morgan fingerprint density at radius 1 is 0.714 bits per heavy atom. The van der Waals surface area contributed by atoms with Crippen molar-refractivity contribution < 1.29 is 54.5 Å². The van der Waals surface area contributed by atoms with Crippen LogP contribution in [0.2, 0.25) is 0 Å². The van der Waals surface area contributed by atoms with Crippen LogP contribution in [-0.4, -0.2) is 111 Å². The first kappa shape index (κ1) is 34.3. The van der Waals surface area contributed by atoms with E-state index in [0.29, 0.717) is 17.6 Å². The van der Waals surface area contributed by atoms with Crippen LogP contribution in [-0.2, 0) is 20.2 Å². The van der Waals surface area contributed by atoms with Crippen molar-refractivity contribution in [2.45, 2.75) is 42.1 Å². The molecule has 0 unspecified atom stereocenters. The molecule has 2 aromatic rings. The Balaban J connectivity index is 1.17. The van der Waals surface area contributed by atoms with Crippen LogP contribution in [0.15, 0.2) is 48.6 Å². The summed E-state index contributed by atoms with van der Waals surface area (Å²) < 4.78 is 92.1. The number of hydrogen-bond acceptors (Lipinski definition) is 12. The lowest BCUT2D eigenvalue weighted by Gasteiger charge is -2.26. The summed E-state index contributed by atoms with van der Waals surface area (Å²) in [7, 11) is -6.46. The van der Waals surface area contributed by atoms with E-state index in [4.69, 9.17) is 18.9 Å². The number of carbonyl (C=O) groups excluding carboxylic acids is 2. The Hall–Kier alpha value is -4.52. The highest BCUT2D eigenvalue weighted by atomic mass is 32.2. The summed E-state index contributed by atoms with van der Waals surface area (Å²) >= 11 is 0. The first-order chi connectivity index (χ1) is 23.1. The van der Waals surface area contributed by atoms with Crippen molar-refractivity contribution in [1.29, 1.82) is 0 Å². The van der Waals surface area contributed by atoms with Crippen molar-refractivity contribution in [2.24, 2.45) is 0 Å². The summed E-state index contributed by atoms with van der Waals surface area (Å²) in [5, 5.41) is 2.63. The third kappa shape index (κ3) is 6.48. The van der Waals surface area contributed by atoms with Crippen LogP contribution in [0.1, 0.15) is 40.0 Å². The van der Waals surface area contributed by atoms with Gasteiger partial charge >= 0.3 is 0 Å². The van der Waals surface area contributed by atoms with Gasteiger partial charge in [0.15, 0.2) is 33.7 Å². The minimum absolute atomic E-state index is 0.0781. The molecule has 4 aliphatic heterocycles. The van der Waals surface area contributed by atoms with Gasteiger partial charge in [0.1, 0.15) is 0 Å². The van der Waals surface area contributed by atoms with Crippen molar-refractivity contribution in [3.05, 3.63) is 59.7 Å². The quantitative estimate of drug-likeness (QED) is 0.158. The van der Waals surface area contributed by atoms with E-state index in [1.165, 1.54) is 48.3 Å². The summed E-state index contributed by atoms with van der Waals surface area (Å²) in [4.78, 5) is 29.6. The van der Waals surface area contributed by atoms with E-state index in [0.717, 1.165) is 0 Å². The van der Waals surface area contributed by atoms with E-state index in [2.05, 4.69) is 23.8 Å². The molecule has 6 rings (SSSR count). The molecule has 0 spiro atoms. The van der Waals surface area contributed by atoms with E-state index < -0.39 is 54.9 Å². The van der Waals surface area contributed by atoms with Crippen LogP contribution < -0.4 is 29.6 Å². The molecule has 2 amide bonds. The van der Waals surface area contributed by atoms with E-state index in [-0.39, 0.29) is 84.6 Å². The molecule has 0 aromatic heterocycles. The highest BCUT2D eigenvalue weighted by Gasteiger charge is 2.47. The first-order valence-corrected chi connectivity index (χ1v) is 18.2. The van der Waals surface area contributed by atoms with Gasteiger partial charge in [-0.3, -0.25) is 18.7 Å². The summed E-state index contributed by atoms with van der Waals surface area (Å²) in [6.07, 6.45) is 0.709. The normalized spacial score (nSPS) is 23.3. The Labute approximate surface area is 283 Å². The number of ether oxygens (including phenoxy) is 4. The number of anilines is 2. The van der Waals surface area contributed by atoms with Crippen molar-refractivity contribution in [2.75, 3.05) is 51.2 Å². The number of carbonyl (C=O) groups is 2. The molecule has 4 heterocycles. The molecule has 4 N–H and O–H groups in total. The third-order valence-electron chi connectivity index (χ3n) is 8.91. The largest absolute Gasteiger partial charge is 0.493 e. The molecule has 0 radical (unpaired) electrons. The lowest BCUT2D eigenvalue weighted by Crippen LogP contribution is -2.47. The van der Waals surface area contributed by atoms with E-state index in [1.54, 1.807) is 0 Å². The van der Waals surface area contributed by atoms with Gasteiger partial charge in [-0.05, 0) is 25.0 Å². The monoisotopic (exact) mass is 720 g/mol. The van der Waals surface area contributed by atoms with Gasteiger partial charge < -0.3 is 39.4 Å². The molecule has 0 bridgehead atoms. The van der Waals surface area contributed by atoms with E-state index in [9.17, 15) is 35.5 Å². The molecule has 0 saturated carbocycles. The molecule has 2 saturated heterocycles. The van der Waals surface area contributed by atoms with Gasteiger partial charge in [-0.2, -0.15) is 16.8 Å². The average Bonchev–Trinajstić information content (AvgIpc) is 3.56. The molecule has 18 heteroatoms. The second-order valence-corrected chi connectivity index (χ2v) is 15.3. The van der Waals surface area contributed by atoms with Crippen molar-refractivity contribution in [1.82, 2.24) is 9.80 Å². The topological polar surface area (TPSA) is 210 Å². The lowest BCUT2D eigenvalue weighted by molar-refractivity contribution is 0.0737. The van der Waals surface area contributed by atoms with Crippen LogP contribution >= 0.6 is 0 Å². The average molecular weight is 721 g/mol. The summed E-state index contributed by atoms with van der Waals surface area (Å²) in [5.41, 5.74) is 1.89. The zero-order chi connectivity index (χ0) is 35.4. The van der Waals surface area contributed by atoms with Crippen LogP contribution in [0.25, 0.3) is 0 Å². The zero-order valence-corrected chi connectivity index (χ0v) is 28.3. The standard InChI is InChI=1S/C31H36N4O12S2/c1-16-8-22-28(48(38,39)40)32-20-12-26(24(44-3)10-18(20)30(36)34(22)14-16)46-6-5-7-47-27-13-21-19(11-25(27)45-4)31(37)35-15-17(2)9-23(35)29(33-21)49(41,42)43/h10-13,22-23,28-29,32-33H,1-2,5-9,14-15H2,3-4H3,(H,38,39,40)(H,41,42,43)/t22-,23-,28-,29-/m0/s1. The number of rotatable bonds is 10. The molecule has 264 valence electrons. The highest BCUT2D eigenvalue weighted by molar-refractivity contribution is 7.86. The van der Waals surface area contributed by atoms with Gasteiger partial charge in [0, 0.05) is 31.6 Å². The van der Waals surface area contributed by atoms with Gasteiger partial charge in [-0.15, -0.1) is 0 Å². The molecule has 0 aliphatic carbocycles. The van der Waals surface area contributed by atoms with Crippen LogP contribution in [0, 0.1) is 0 Å². The van der Waals surface area contributed by atoms with E-state index in [1.807, 2.05) is 0 Å². The number of nitrogens with one attached hydrogen (secondary N) is 2. The van der Waals surface area contributed by atoms with Gasteiger partial charge in [0.2, 0.25) is 0 Å². The molecule has 4 aliphatic rings. The van der Waals surface area contributed by atoms with Gasteiger partial charge in [0.25, 0.3) is 32.1 Å². The first-order valence-electron chi connectivity index (χ1n) is 15.2. The lowest BCUT2D eigenvalue weighted by atomic mass is 10.1. The second kappa shape index (κ2) is 12.7. The molecule has 16 nitrogen and oxygen atoms in total. The maximum Gasteiger partial charge on any atom is 0.288 e. The number of fused-ring (bicyclic) bond motifs is 4. The van der Waals surface area contributed by atoms with Gasteiger partial charge in [-0.25, -0.2) is 0 Å². The zero-order valence-electron chi connectivity index (χ0n) is 26.7.